The lowest BCUT2D eigenvalue weighted by molar-refractivity contribution is -0.130. The van der Waals surface area contributed by atoms with Gasteiger partial charge in [-0.05, 0) is 43.2 Å². The predicted octanol–water partition coefficient (Wildman–Crippen LogP) is 3.99. The Bertz CT molecular complexity index is 1030. The van der Waals surface area contributed by atoms with E-state index in [0.29, 0.717) is 13.2 Å². The van der Waals surface area contributed by atoms with E-state index in [1.54, 1.807) is 11.1 Å². The molecule has 2 aliphatic heterocycles. The van der Waals surface area contributed by atoms with E-state index in [4.69, 9.17) is 9.47 Å². The second-order valence-electron chi connectivity index (χ2n) is 8.00. The minimum absolute atomic E-state index is 0.0907. The van der Waals surface area contributed by atoms with Crippen LogP contribution in [0.3, 0.4) is 0 Å². The monoisotopic (exact) mass is 420 g/mol. The van der Waals surface area contributed by atoms with Gasteiger partial charge in [-0.2, -0.15) is 0 Å². The fourth-order valence-electron chi connectivity index (χ4n) is 4.26. The molecule has 162 valence electrons. The summed E-state index contributed by atoms with van der Waals surface area (Å²) in [5.41, 5.74) is 4.02. The van der Waals surface area contributed by atoms with Crippen molar-refractivity contribution in [2.45, 2.75) is 52.3 Å². The Morgan fingerprint density at radius 3 is 2.84 bits per heavy atom. The molecule has 0 aromatic heterocycles. The molecule has 2 amide bonds. The van der Waals surface area contributed by atoms with Crippen molar-refractivity contribution < 1.29 is 19.1 Å². The lowest BCUT2D eigenvalue weighted by Crippen LogP contribution is -2.35. The highest BCUT2D eigenvalue weighted by Crippen LogP contribution is 2.36. The van der Waals surface area contributed by atoms with Gasteiger partial charge < -0.3 is 19.7 Å². The van der Waals surface area contributed by atoms with Gasteiger partial charge in [-0.25, -0.2) is 0 Å². The van der Waals surface area contributed by atoms with Gasteiger partial charge in [0.2, 0.25) is 11.8 Å². The third-order valence-corrected chi connectivity index (χ3v) is 5.70. The van der Waals surface area contributed by atoms with Crippen LogP contribution in [0.5, 0.6) is 11.5 Å². The summed E-state index contributed by atoms with van der Waals surface area (Å²) in [4.78, 5) is 26.6. The number of carbonyl (C=O) groups excluding carboxylic acids is 2. The van der Waals surface area contributed by atoms with Crippen LogP contribution in [0, 0.1) is 0 Å². The molecule has 0 bridgehead atoms. The maximum absolute atomic E-state index is 12.9. The number of nitrogens with one attached hydrogen (secondary N) is 1. The summed E-state index contributed by atoms with van der Waals surface area (Å²) >= 11 is 0. The highest BCUT2D eigenvalue weighted by Gasteiger charge is 2.28. The van der Waals surface area contributed by atoms with Crippen LogP contribution in [-0.4, -0.2) is 29.4 Å². The first-order chi connectivity index (χ1) is 15.0. The highest BCUT2D eigenvalue weighted by molar-refractivity contribution is 5.81. The van der Waals surface area contributed by atoms with E-state index >= 15 is 0 Å². The molecular formula is C25H28N2O4. The molecule has 4 rings (SSSR count). The Kier molecular flexibility index (Phi) is 5.98. The quantitative estimate of drug-likeness (QED) is 0.767. The predicted molar refractivity (Wildman–Crippen MR) is 119 cm³/mol. The standard InChI is InChI=1S/C25H28N2O4/c1-4-30-23-12-19-11-16(2)31-24(19)13-20(23)15-26-25(29)14-22-21-8-6-5-7-18(21)9-10-27(22)17(3)28/h5-10,12-13,16,22H,4,11,14-15H2,1-3H3,(H,26,29)/t16-,22-/m0/s1. The van der Waals surface area contributed by atoms with Gasteiger partial charge >= 0.3 is 0 Å². The van der Waals surface area contributed by atoms with Crippen molar-refractivity contribution in [3.63, 3.8) is 0 Å². The summed E-state index contributed by atoms with van der Waals surface area (Å²) in [6.07, 6.45) is 4.85. The minimum atomic E-state index is -0.325. The Hall–Kier alpha value is -3.28. The average molecular weight is 421 g/mol. The zero-order valence-electron chi connectivity index (χ0n) is 18.2. The number of ether oxygens (including phenoxy) is 2. The minimum Gasteiger partial charge on any atom is -0.494 e. The molecule has 2 aromatic rings. The molecule has 2 atom stereocenters. The van der Waals surface area contributed by atoms with Crippen LogP contribution in [-0.2, 0) is 22.6 Å². The van der Waals surface area contributed by atoms with Crippen molar-refractivity contribution in [2.24, 2.45) is 0 Å². The number of fused-ring (bicyclic) bond motifs is 2. The van der Waals surface area contributed by atoms with Crippen LogP contribution < -0.4 is 14.8 Å². The number of nitrogens with zero attached hydrogens (tertiary/aromatic N) is 1. The van der Waals surface area contributed by atoms with Gasteiger partial charge in [-0.3, -0.25) is 9.59 Å². The van der Waals surface area contributed by atoms with Gasteiger partial charge in [0.25, 0.3) is 0 Å². The van der Waals surface area contributed by atoms with Crippen LogP contribution in [0.4, 0.5) is 0 Å². The summed E-state index contributed by atoms with van der Waals surface area (Å²) in [7, 11) is 0. The fourth-order valence-corrected chi connectivity index (χ4v) is 4.26. The first-order valence-electron chi connectivity index (χ1n) is 10.7. The maximum atomic E-state index is 12.9. The molecule has 0 radical (unpaired) electrons. The smallest absolute Gasteiger partial charge is 0.223 e. The van der Waals surface area contributed by atoms with Crippen LogP contribution in [0.2, 0.25) is 0 Å². The normalized spacial score (nSPS) is 18.7. The Labute approximate surface area is 182 Å². The third-order valence-electron chi connectivity index (χ3n) is 5.70. The molecule has 1 N–H and O–H groups in total. The van der Waals surface area contributed by atoms with E-state index in [1.165, 1.54) is 6.92 Å². The summed E-state index contributed by atoms with van der Waals surface area (Å²) in [5, 5.41) is 3.00. The number of amides is 2. The SMILES string of the molecule is CCOc1cc2c(cc1CNC(=O)C[C@H]1c3ccccc3C=CN1C(C)=O)O[C@@H](C)C2. The topological polar surface area (TPSA) is 67.9 Å². The van der Waals surface area contributed by atoms with Crippen molar-refractivity contribution in [3.05, 3.63) is 64.9 Å². The van der Waals surface area contributed by atoms with Gasteiger partial charge in [0.05, 0.1) is 19.1 Å². The zero-order valence-corrected chi connectivity index (χ0v) is 18.2. The highest BCUT2D eigenvalue weighted by atomic mass is 16.5. The van der Waals surface area contributed by atoms with Crippen molar-refractivity contribution in [2.75, 3.05) is 6.61 Å². The van der Waals surface area contributed by atoms with Crippen molar-refractivity contribution in [1.29, 1.82) is 0 Å². The van der Waals surface area contributed by atoms with Crippen LogP contribution in [0.15, 0.2) is 42.6 Å². The van der Waals surface area contributed by atoms with Crippen molar-refractivity contribution >= 4 is 17.9 Å². The largest absolute Gasteiger partial charge is 0.494 e. The molecular weight excluding hydrogens is 392 g/mol. The summed E-state index contributed by atoms with van der Waals surface area (Å²) in [6, 6.07) is 11.5. The Morgan fingerprint density at radius 1 is 1.26 bits per heavy atom. The second-order valence-corrected chi connectivity index (χ2v) is 8.00. The van der Waals surface area contributed by atoms with Crippen LogP contribution in [0.1, 0.15) is 55.5 Å². The molecule has 0 aliphatic carbocycles. The van der Waals surface area contributed by atoms with E-state index < -0.39 is 0 Å². The number of rotatable bonds is 6. The number of hydrogen-bond donors (Lipinski definition) is 1. The number of benzene rings is 2. The number of carbonyl (C=O) groups is 2. The van der Waals surface area contributed by atoms with Gasteiger partial charge in [0.15, 0.2) is 0 Å². The molecule has 0 unspecified atom stereocenters. The first kappa shape index (κ1) is 21.0. The van der Waals surface area contributed by atoms with Crippen LogP contribution in [0.25, 0.3) is 6.08 Å². The van der Waals surface area contributed by atoms with Crippen molar-refractivity contribution in [1.82, 2.24) is 10.2 Å². The van der Waals surface area contributed by atoms with Gasteiger partial charge in [0.1, 0.15) is 17.6 Å². The Morgan fingerprint density at radius 2 is 2.06 bits per heavy atom. The second kappa shape index (κ2) is 8.84. The zero-order chi connectivity index (χ0) is 22.0. The molecule has 2 aromatic carbocycles. The van der Waals surface area contributed by atoms with E-state index in [2.05, 4.69) is 5.32 Å². The average Bonchev–Trinajstić information content (AvgIpc) is 3.11. The Balaban J connectivity index is 1.49. The van der Waals surface area contributed by atoms with Crippen molar-refractivity contribution in [3.8, 4) is 11.5 Å². The van der Waals surface area contributed by atoms with E-state index in [0.717, 1.165) is 40.2 Å². The summed E-state index contributed by atoms with van der Waals surface area (Å²) in [5.74, 6) is 1.41. The molecule has 0 spiro atoms. The fraction of sp³-hybridized carbons (Fsp3) is 0.360. The van der Waals surface area contributed by atoms with Crippen LogP contribution >= 0.6 is 0 Å². The third kappa shape index (κ3) is 4.43. The molecule has 2 aliphatic rings. The lowest BCUT2D eigenvalue weighted by Gasteiger charge is -2.32. The van der Waals surface area contributed by atoms with Gasteiger partial charge in [-0.1, -0.05) is 24.3 Å². The molecule has 0 fully saturated rings. The molecule has 6 heteroatoms. The first-order valence-corrected chi connectivity index (χ1v) is 10.7. The number of hydrogen-bond acceptors (Lipinski definition) is 4. The van der Waals surface area contributed by atoms with Gasteiger partial charge in [-0.15, -0.1) is 0 Å². The summed E-state index contributed by atoms with van der Waals surface area (Å²) in [6.45, 7) is 6.39. The molecule has 2 heterocycles. The molecule has 0 saturated carbocycles. The maximum Gasteiger partial charge on any atom is 0.223 e. The van der Waals surface area contributed by atoms with E-state index in [9.17, 15) is 9.59 Å². The summed E-state index contributed by atoms with van der Waals surface area (Å²) < 4.78 is 11.7. The molecule has 6 nitrogen and oxygen atoms in total. The lowest BCUT2D eigenvalue weighted by atomic mass is 9.93. The van der Waals surface area contributed by atoms with Gasteiger partial charge in [0, 0.05) is 37.2 Å². The molecule has 0 saturated heterocycles. The molecule has 31 heavy (non-hydrogen) atoms. The van der Waals surface area contributed by atoms with E-state index in [-0.39, 0.29) is 30.4 Å². The van der Waals surface area contributed by atoms with E-state index in [1.807, 2.05) is 56.3 Å².